The van der Waals surface area contributed by atoms with E-state index in [-0.39, 0.29) is 0 Å². The maximum Gasteiger partial charge on any atom is 0.0923 e. The van der Waals surface area contributed by atoms with Crippen molar-refractivity contribution >= 4 is 44.4 Å². The zero-order valence-electron chi connectivity index (χ0n) is 9.47. The Bertz CT molecular complexity index is 671. The average Bonchev–Trinajstić information content (AvgIpc) is 2.97. The molecule has 1 aromatic carbocycles. The number of rotatable bonds is 3. The first-order chi connectivity index (χ1) is 8.74. The van der Waals surface area contributed by atoms with E-state index in [1.54, 1.807) is 11.3 Å². The summed E-state index contributed by atoms with van der Waals surface area (Å²) in [5.41, 5.74) is 1.20. The average molecular weight is 295 g/mol. The summed E-state index contributed by atoms with van der Waals surface area (Å²) in [4.78, 5) is 0.926. The number of aliphatic hydroxyl groups excluding tert-OH is 1. The molecule has 3 rings (SSSR count). The lowest BCUT2D eigenvalue weighted by Gasteiger charge is -2.07. The van der Waals surface area contributed by atoms with Gasteiger partial charge in [-0.05, 0) is 28.5 Å². The molecular formula is C14H11ClOS2. The van der Waals surface area contributed by atoms with Crippen LogP contribution in [0, 0.1) is 0 Å². The van der Waals surface area contributed by atoms with Gasteiger partial charge >= 0.3 is 0 Å². The van der Waals surface area contributed by atoms with Gasteiger partial charge in [0.25, 0.3) is 0 Å². The van der Waals surface area contributed by atoms with Crippen LogP contribution in [0.4, 0.5) is 0 Å². The third-order valence-corrected chi connectivity index (χ3v) is 5.28. The van der Waals surface area contributed by atoms with E-state index < -0.39 is 6.10 Å². The van der Waals surface area contributed by atoms with Crippen LogP contribution in [0.2, 0.25) is 5.02 Å². The first-order valence-corrected chi connectivity index (χ1v) is 7.75. The number of hydrogen-bond donors (Lipinski definition) is 1. The van der Waals surface area contributed by atoms with Crippen LogP contribution in [0.15, 0.2) is 41.1 Å². The highest BCUT2D eigenvalue weighted by Crippen LogP contribution is 2.32. The number of aliphatic hydroxyl groups is 1. The Morgan fingerprint density at radius 2 is 2.00 bits per heavy atom. The van der Waals surface area contributed by atoms with Gasteiger partial charge in [-0.2, -0.15) is 0 Å². The van der Waals surface area contributed by atoms with Crippen LogP contribution in [0.25, 0.3) is 10.1 Å². The van der Waals surface area contributed by atoms with Gasteiger partial charge in [-0.15, -0.1) is 22.7 Å². The lowest BCUT2D eigenvalue weighted by atomic mass is 10.1. The molecule has 2 heterocycles. The zero-order chi connectivity index (χ0) is 12.5. The van der Waals surface area contributed by atoms with Crippen molar-refractivity contribution in [1.82, 2.24) is 0 Å². The largest absolute Gasteiger partial charge is 0.387 e. The molecule has 92 valence electrons. The fourth-order valence-electron chi connectivity index (χ4n) is 2.00. The molecule has 1 atom stereocenters. The van der Waals surface area contributed by atoms with E-state index in [1.807, 2.05) is 23.6 Å². The first-order valence-electron chi connectivity index (χ1n) is 5.61. The molecule has 0 spiro atoms. The maximum absolute atomic E-state index is 10.2. The third-order valence-electron chi connectivity index (χ3n) is 2.89. The summed E-state index contributed by atoms with van der Waals surface area (Å²) in [5, 5.41) is 16.1. The number of hydrogen-bond acceptors (Lipinski definition) is 3. The number of halogens is 1. The van der Waals surface area contributed by atoms with E-state index in [0.29, 0.717) is 11.4 Å². The quantitative estimate of drug-likeness (QED) is 0.729. The van der Waals surface area contributed by atoms with Gasteiger partial charge < -0.3 is 5.11 Å². The van der Waals surface area contributed by atoms with Crippen molar-refractivity contribution in [2.24, 2.45) is 0 Å². The van der Waals surface area contributed by atoms with E-state index >= 15 is 0 Å². The Morgan fingerprint density at radius 1 is 1.17 bits per heavy atom. The van der Waals surface area contributed by atoms with E-state index in [2.05, 4.69) is 17.5 Å². The van der Waals surface area contributed by atoms with Gasteiger partial charge in [0.2, 0.25) is 0 Å². The van der Waals surface area contributed by atoms with Crippen molar-refractivity contribution < 1.29 is 5.11 Å². The molecule has 0 bridgehead atoms. The molecule has 4 heteroatoms. The first kappa shape index (κ1) is 12.2. The number of fused-ring (bicyclic) bond motifs is 1. The summed E-state index contributed by atoms with van der Waals surface area (Å²) >= 11 is 9.11. The second-order valence-electron chi connectivity index (χ2n) is 4.14. The van der Waals surface area contributed by atoms with Gasteiger partial charge in [0.1, 0.15) is 0 Å². The van der Waals surface area contributed by atoms with Gasteiger partial charge in [-0.3, -0.25) is 0 Å². The molecule has 0 aliphatic rings. The monoisotopic (exact) mass is 294 g/mol. The smallest absolute Gasteiger partial charge is 0.0923 e. The second-order valence-corrected chi connectivity index (χ2v) is 6.43. The molecule has 0 aliphatic carbocycles. The Kier molecular flexibility index (Phi) is 3.39. The maximum atomic E-state index is 10.2. The molecule has 0 aliphatic heterocycles. The predicted octanol–water partition coefficient (Wildman–Crippen LogP) is 4.89. The lowest BCUT2D eigenvalue weighted by Crippen LogP contribution is -1.98. The van der Waals surface area contributed by atoms with Crippen LogP contribution in [-0.4, -0.2) is 5.11 Å². The minimum Gasteiger partial charge on any atom is -0.387 e. The molecule has 1 nitrogen and oxygen atoms in total. The van der Waals surface area contributed by atoms with Crippen molar-refractivity contribution in [3.05, 3.63) is 56.6 Å². The molecule has 1 unspecified atom stereocenters. The van der Waals surface area contributed by atoms with Crippen LogP contribution in [0.1, 0.15) is 16.5 Å². The van der Waals surface area contributed by atoms with E-state index in [1.165, 1.54) is 27.0 Å². The van der Waals surface area contributed by atoms with Crippen LogP contribution in [0.5, 0.6) is 0 Å². The van der Waals surface area contributed by atoms with Gasteiger partial charge in [-0.1, -0.05) is 29.8 Å². The fourth-order valence-corrected chi connectivity index (χ4v) is 4.05. The molecule has 1 N–H and O–H groups in total. The van der Waals surface area contributed by atoms with Crippen LogP contribution < -0.4 is 0 Å². The fraction of sp³-hybridized carbons (Fsp3) is 0.143. The summed E-state index contributed by atoms with van der Waals surface area (Å²) in [6.07, 6.45) is 0.168. The second kappa shape index (κ2) is 5.02. The lowest BCUT2D eigenvalue weighted by molar-refractivity contribution is 0.183. The summed E-state index contributed by atoms with van der Waals surface area (Å²) in [6, 6.07) is 10.1. The Hall–Kier alpha value is -0.870. The number of thiophene rings is 2. The minimum absolute atomic E-state index is 0.472. The molecule has 0 radical (unpaired) electrons. The Balaban J connectivity index is 1.88. The Morgan fingerprint density at radius 3 is 2.78 bits per heavy atom. The molecule has 3 aromatic rings. The van der Waals surface area contributed by atoms with Gasteiger partial charge in [0.05, 0.1) is 11.1 Å². The van der Waals surface area contributed by atoms with Crippen molar-refractivity contribution in [2.75, 3.05) is 0 Å². The summed E-state index contributed by atoms with van der Waals surface area (Å²) in [5.74, 6) is 0. The zero-order valence-corrected chi connectivity index (χ0v) is 11.9. The molecule has 18 heavy (non-hydrogen) atoms. The third kappa shape index (κ3) is 2.31. The predicted molar refractivity (Wildman–Crippen MR) is 79.8 cm³/mol. The summed E-state index contributed by atoms with van der Waals surface area (Å²) < 4.78 is 1.27. The number of benzene rings is 1. The van der Waals surface area contributed by atoms with Gasteiger partial charge in [-0.25, -0.2) is 0 Å². The van der Waals surface area contributed by atoms with Crippen LogP contribution in [0.3, 0.4) is 0 Å². The molecule has 0 saturated heterocycles. The highest BCUT2D eigenvalue weighted by atomic mass is 35.5. The molecule has 0 amide bonds. The molecule has 2 aromatic heterocycles. The molecular weight excluding hydrogens is 284 g/mol. The van der Waals surface area contributed by atoms with Crippen LogP contribution in [-0.2, 0) is 6.42 Å². The van der Waals surface area contributed by atoms with Crippen molar-refractivity contribution in [3.63, 3.8) is 0 Å². The van der Waals surface area contributed by atoms with Gasteiger partial charge in [0, 0.05) is 21.4 Å². The van der Waals surface area contributed by atoms with Crippen LogP contribution >= 0.6 is 34.3 Å². The summed E-state index contributed by atoms with van der Waals surface area (Å²) in [7, 11) is 0. The standard InChI is InChI=1S/C14H11ClOS2/c15-10-6-14(18-8-10)12(16)5-9-7-17-13-4-2-1-3-11(9)13/h1-4,6-8,12,16H,5H2. The SMILES string of the molecule is OC(Cc1csc2ccccc12)c1cc(Cl)cs1. The van der Waals surface area contributed by atoms with Crippen molar-refractivity contribution in [3.8, 4) is 0 Å². The Labute approximate surface area is 118 Å². The van der Waals surface area contributed by atoms with Gasteiger partial charge in [0.15, 0.2) is 0 Å². The minimum atomic E-state index is -0.472. The topological polar surface area (TPSA) is 20.2 Å². The highest BCUT2D eigenvalue weighted by molar-refractivity contribution is 7.17. The molecule has 0 saturated carbocycles. The summed E-state index contributed by atoms with van der Waals surface area (Å²) in [6.45, 7) is 0. The van der Waals surface area contributed by atoms with E-state index in [9.17, 15) is 5.11 Å². The van der Waals surface area contributed by atoms with E-state index in [4.69, 9.17) is 11.6 Å². The normalized spacial score (nSPS) is 13.0. The highest BCUT2D eigenvalue weighted by Gasteiger charge is 2.13. The molecule has 0 fully saturated rings. The van der Waals surface area contributed by atoms with E-state index in [0.717, 1.165) is 4.88 Å². The van der Waals surface area contributed by atoms with Crippen molar-refractivity contribution in [1.29, 1.82) is 0 Å². The van der Waals surface area contributed by atoms with Crippen molar-refractivity contribution in [2.45, 2.75) is 12.5 Å².